The predicted octanol–water partition coefficient (Wildman–Crippen LogP) is 1.91. The van der Waals surface area contributed by atoms with Crippen molar-refractivity contribution in [3.63, 3.8) is 0 Å². The summed E-state index contributed by atoms with van der Waals surface area (Å²) in [6.45, 7) is 2.11. The van der Waals surface area contributed by atoms with E-state index in [0.717, 1.165) is 0 Å². The number of amides is 1. The summed E-state index contributed by atoms with van der Waals surface area (Å²) in [6.07, 6.45) is 6.48. The maximum Gasteiger partial charge on any atom is 0.233 e. The first-order valence-electron chi connectivity index (χ1n) is 7.89. The van der Waals surface area contributed by atoms with Crippen LogP contribution in [-0.4, -0.2) is 54.2 Å². The summed E-state index contributed by atoms with van der Waals surface area (Å²) in [5, 5.41) is 3.30. The normalized spacial score (nSPS) is 26.8. The van der Waals surface area contributed by atoms with Crippen LogP contribution in [0.3, 0.4) is 0 Å². The van der Waals surface area contributed by atoms with Crippen LogP contribution in [0.25, 0.3) is 0 Å². The summed E-state index contributed by atoms with van der Waals surface area (Å²) in [5.41, 5.74) is 0. The van der Waals surface area contributed by atoms with Crippen LogP contribution in [0.2, 0.25) is 0 Å². The minimum Gasteiger partial charge on any atom is -0.490 e. The molecule has 2 aliphatic rings. The van der Waals surface area contributed by atoms with Gasteiger partial charge in [0.15, 0.2) is 6.17 Å². The Kier molecular flexibility index (Phi) is 5.48. The Morgan fingerprint density at radius 3 is 3.21 bits per heavy atom. The number of carbonyl (C=O) groups is 1. The molecule has 1 aromatic heterocycles. The zero-order chi connectivity index (χ0) is 16.9. The molecule has 128 valence electrons. The number of halogens is 2. The fraction of sp³-hybridized carbons (Fsp3) is 0.412. The highest BCUT2D eigenvalue weighted by atomic mass is 35.5. The summed E-state index contributed by atoms with van der Waals surface area (Å²) in [4.78, 5) is 18.5. The molecule has 1 fully saturated rings. The Bertz CT molecular complexity index is 638. The lowest BCUT2D eigenvalue weighted by Gasteiger charge is -2.38. The number of nitrogens with one attached hydrogen (secondary N) is 1. The lowest BCUT2D eigenvalue weighted by molar-refractivity contribution is -0.139. The zero-order valence-corrected chi connectivity index (χ0v) is 13.8. The van der Waals surface area contributed by atoms with Crippen molar-refractivity contribution >= 4 is 17.5 Å². The Labute approximate surface area is 145 Å². The molecule has 24 heavy (non-hydrogen) atoms. The van der Waals surface area contributed by atoms with E-state index < -0.39 is 12.1 Å². The Hall–Kier alpha value is -1.92. The summed E-state index contributed by atoms with van der Waals surface area (Å²) in [6, 6.07) is 3.42. The molecule has 0 saturated carbocycles. The second-order valence-electron chi connectivity index (χ2n) is 5.75. The van der Waals surface area contributed by atoms with Crippen LogP contribution in [0.4, 0.5) is 4.39 Å². The van der Waals surface area contributed by atoms with E-state index in [0.29, 0.717) is 32.0 Å². The predicted molar refractivity (Wildman–Crippen MR) is 89.6 cm³/mol. The van der Waals surface area contributed by atoms with Gasteiger partial charge in [-0.3, -0.25) is 9.78 Å². The monoisotopic (exact) mass is 351 g/mol. The Morgan fingerprint density at radius 2 is 2.42 bits per heavy atom. The van der Waals surface area contributed by atoms with Crippen molar-refractivity contribution < 1.29 is 13.9 Å². The summed E-state index contributed by atoms with van der Waals surface area (Å²) < 4.78 is 20.0. The number of alkyl halides is 1. The van der Waals surface area contributed by atoms with Crippen LogP contribution < -0.4 is 10.1 Å². The lowest BCUT2D eigenvalue weighted by atomic mass is 9.96. The van der Waals surface area contributed by atoms with Gasteiger partial charge in [0, 0.05) is 25.8 Å². The van der Waals surface area contributed by atoms with Gasteiger partial charge in [-0.1, -0.05) is 23.8 Å². The van der Waals surface area contributed by atoms with Gasteiger partial charge in [0.25, 0.3) is 0 Å². The van der Waals surface area contributed by atoms with Gasteiger partial charge in [-0.25, -0.2) is 4.39 Å². The molecular weight excluding hydrogens is 333 g/mol. The molecule has 0 bridgehead atoms. The van der Waals surface area contributed by atoms with Crippen molar-refractivity contribution in [1.29, 1.82) is 0 Å². The smallest absolute Gasteiger partial charge is 0.233 e. The van der Waals surface area contributed by atoms with E-state index in [1.54, 1.807) is 41.6 Å². The van der Waals surface area contributed by atoms with Gasteiger partial charge in [-0.05, 0) is 18.2 Å². The molecule has 7 heteroatoms. The molecule has 3 unspecified atom stereocenters. The van der Waals surface area contributed by atoms with Crippen LogP contribution in [0.15, 0.2) is 47.8 Å². The first-order chi connectivity index (χ1) is 11.7. The number of pyridine rings is 1. The minimum atomic E-state index is -1.49. The molecule has 0 radical (unpaired) electrons. The number of carbonyl (C=O) groups excluding carboxylic acids is 1. The van der Waals surface area contributed by atoms with Crippen LogP contribution >= 0.6 is 11.6 Å². The number of piperazine rings is 1. The van der Waals surface area contributed by atoms with Crippen molar-refractivity contribution in [3.05, 3.63) is 47.8 Å². The molecule has 1 N–H and O–H groups in total. The van der Waals surface area contributed by atoms with Crippen LogP contribution in [-0.2, 0) is 4.79 Å². The molecule has 5 nitrogen and oxygen atoms in total. The van der Waals surface area contributed by atoms with Gasteiger partial charge < -0.3 is 15.0 Å². The average molecular weight is 352 g/mol. The molecular formula is C17H19ClFN3O2. The molecule has 1 aliphatic heterocycles. The highest BCUT2D eigenvalue weighted by Crippen LogP contribution is 2.28. The molecule has 1 aromatic rings. The molecule has 3 atom stereocenters. The molecule has 2 heterocycles. The van der Waals surface area contributed by atoms with E-state index >= 15 is 0 Å². The standard InChI is InChI=1S/C17H19ClFN3O2/c18-15-5-1-4-14(16(15)19)17(23)22-8-7-21-9-12(22)11-24-13-3-2-6-20-10-13/h1-6,10,12,14,16,21H,7-9,11H2. The van der Waals surface area contributed by atoms with E-state index in [2.05, 4.69) is 10.3 Å². The number of ether oxygens (including phenoxy) is 1. The van der Waals surface area contributed by atoms with Crippen molar-refractivity contribution in [2.45, 2.75) is 12.2 Å². The number of aromatic nitrogens is 1. The SMILES string of the molecule is O=C(C1C=CC=C(Cl)C1F)N1CCNCC1COc1cccnc1. The summed E-state index contributed by atoms with van der Waals surface area (Å²) in [5.74, 6) is -0.491. The fourth-order valence-electron chi connectivity index (χ4n) is 2.85. The van der Waals surface area contributed by atoms with Crippen LogP contribution in [0, 0.1) is 5.92 Å². The van der Waals surface area contributed by atoms with Crippen molar-refractivity contribution in [1.82, 2.24) is 15.2 Å². The average Bonchev–Trinajstić information content (AvgIpc) is 2.63. The van der Waals surface area contributed by atoms with E-state index in [9.17, 15) is 9.18 Å². The zero-order valence-electron chi connectivity index (χ0n) is 13.1. The van der Waals surface area contributed by atoms with Gasteiger partial charge in [-0.15, -0.1) is 0 Å². The first-order valence-corrected chi connectivity index (χ1v) is 8.26. The van der Waals surface area contributed by atoms with Crippen molar-refractivity contribution in [2.75, 3.05) is 26.2 Å². The number of rotatable bonds is 4. The minimum absolute atomic E-state index is 0.0640. The third kappa shape index (κ3) is 3.76. The fourth-order valence-corrected chi connectivity index (χ4v) is 3.06. The third-order valence-electron chi connectivity index (χ3n) is 4.15. The number of hydrogen-bond acceptors (Lipinski definition) is 4. The highest BCUT2D eigenvalue weighted by Gasteiger charge is 2.37. The topological polar surface area (TPSA) is 54.5 Å². The van der Waals surface area contributed by atoms with Gasteiger partial charge in [0.05, 0.1) is 23.2 Å². The Balaban J connectivity index is 1.66. The number of nitrogens with zero attached hydrogens (tertiary/aromatic N) is 2. The van der Waals surface area contributed by atoms with Gasteiger partial charge >= 0.3 is 0 Å². The summed E-state index contributed by atoms with van der Waals surface area (Å²) >= 11 is 5.84. The van der Waals surface area contributed by atoms with Gasteiger partial charge in [-0.2, -0.15) is 0 Å². The number of hydrogen-bond donors (Lipinski definition) is 1. The third-order valence-corrected chi connectivity index (χ3v) is 4.48. The van der Waals surface area contributed by atoms with E-state index in [4.69, 9.17) is 16.3 Å². The molecule has 1 amide bonds. The first kappa shape index (κ1) is 16.9. The second kappa shape index (κ2) is 7.77. The molecule has 0 aromatic carbocycles. The quantitative estimate of drug-likeness (QED) is 0.900. The van der Waals surface area contributed by atoms with Gasteiger partial charge in [0.2, 0.25) is 5.91 Å². The Morgan fingerprint density at radius 1 is 1.54 bits per heavy atom. The van der Waals surface area contributed by atoms with Gasteiger partial charge in [0.1, 0.15) is 12.4 Å². The summed E-state index contributed by atoms with van der Waals surface area (Å²) in [7, 11) is 0. The molecule has 1 saturated heterocycles. The molecule has 0 spiro atoms. The maximum absolute atomic E-state index is 14.3. The number of allylic oxidation sites excluding steroid dienone is 3. The molecule has 1 aliphatic carbocycles. The van der Waals surface area contributed by atoms with Crippen molar-refractivity contribution in [3.8, 4) is 5.75 Å². The van der Waals surface area contributed by atoms with Crippen LogP contribution in [0.5, 0.6) is 5.75 Å². The largest absolute Gasteiger partial charge is 0.490 e. The highest BCUT2D eigenvalue weighted by molar-refractivity contribution is 6.30. The lowest BCUT2D eigenvalue weighted by Crippen LogP contribution is -2.57. The van der Waals surface area contributed by atoms with Crippen molar-refractivity contribution in [2.24, 2.45) is 5.92 Å². The molecule has 3 rings (SSSR count). The second-order valence-corrected chi connectivity index (χ2v) is 6.19. The van der Waals surface area contributed by atoms with E-state index in [-0.39, 0.29) is 17.0 Å². The van der Waals surface area contributed by atoms with Crippen LogP contribution in [0.1, 0.15) is 0 Å². The van der Waals surface area contributed by atoms with E-state index in [1.807, 2.05) is 0 Å². The van der Waals surface area contributed by atoms with E-state index in [1.165, 1.54) is 6.08 Å². The maximum atomic E-state index is 14.3.